The zero-order valence-corrected chi connectivity index (χ0v) is 12.6. The van der Waals surface area contributed by atoms with Gasteiger partial charge in [-0.15, -0.1) is 0 Å². The first-order valence-corrected chi connectivity index (χ1v) is 7.56. The van der Waals surface area contributed by atoms with Gasteiger partial charge in [-0.1, -0.05) is 14.4 Å². The van der Waals surface area contributed by atoms with E-state index in [2.05, 4.69) is 15.3 Å². The van der Waals surface area contributed by atoms with Gasteiger partial charge in [0.1, 0.15) is 5.52 Å². The number of rotatable bonds is 4. The Bertz CT molecular complexity index is 722. The van der Waals surface area contributed by atoms with Crippen LogP contribution < -0.4 is 5.32 Å². The van der Waals surface area contributed by atoms with E-state index in [-0.39, 0.29) is 19.4 Å². The normalized spacial score (nSPS) is 16.3. The summed E-state index contributed by atoms with van der Waals surface area (Å²) in [4.78, 5) is 20.5. The summed E-state index contributed by atoms with van der Waals surface area (Å²) < 4.78 is 39.6. The summed E-state index contributed by atoms with van der Waals surface area (Å²) in [6.07, 6.45) is -0.391. The Morgan fingerprint density at radius 2 is 2.17 bits per heavy atom. The highest BCUT2D eigenvalue weighted by Gasteiger charge is 2.37. The highest BCUT2D eigenvalue weighted by molar-refractivity contribution is 5.91. The van der Waals surface area contributed by atoms with Crippen molar-refractivity contribution in [1.82, 2.24) is 14.5 Å². The first-order valence-electron chi connectivity index (χ1n) is 7.56. The number of imidazole rings is 1. The Morgan fingerprint density at radius 1 is 1.46 bits per heavy atom. The second-order valence-corrected chi connectivity index (χ2v) is 5.93. The van der Waals surface area contributed by atoms with Gasteiger partial charge in [0, 0.05) is 18.7 Å². The third-order valence-corrected chi connectivity index (χ3v) is 4.19. The van der Waals surface area contributed by atoms with Crippen LogP contribution in [0.5, 0.6) is 0 Å². The Kier molecular flexibility index (Phi) is 5.15. The first kappa shape index (κ1) is 18.2. The fraction of sp³-hybridized carbons (Fsp3) is 0.562. The summed E-state index contributed by atoms with van der Waals surface area (Å²) in [7, 11) is 0. The molecule has 1 N–H and O–H groups in total. The molecular formula is C16H21F3N4O. The van der Waals surface area contributed by atoms with Crippen molar-refractivity contribution in [2.24, 2.45) is 5.92 Å². The predicted molar refractivity (Wildman–Crippen MR) is 85.6 cm³/mol. The number of aromatic nitrogens is 3. The number of anilines is 1. The van der Waals surface area contributed by atoms with Crippen LogP contribution in [0.1, 0.15) is 46.1 Å². The van der Waals surface area contributed by atoms with Gasteiger partial charge in [-0.3, -0.25) is 14.7 Å². The minimum absolute atomic E-state index is 0. The van der Waals surface area contributed by atoms with Crippen LogP contribution >= 0.6 is 0 Å². The summed E-state index contributed by atoms with van der Waals surface area (Å²) in [5.41, 5.74) is 1.27. The van der Waals surface area contributed by atoms with Crippen molar-refractivity contribution in [2.45, 2.75) is 52.3 Å². The largest absolute Gasteiger partial charge is 0.392 e. The van der Waals surface area contributed by atoms with Gasteiger partial charge < -0.3 is 0 Å². The van der Waals surface area contributed by atoms with Gasteiger partial charge in [0.2, 0.25) is 11.9 Å². The molecule has 24 heavy (non-hydrogen) atoms. The molecule has 0 saturated heterocycles. The molecule has 1 aliphatic rings. The van der Waals surface area contributed by atoms with E-state index in [4.69, 9.17) is 0 Å². The summed E-state index contributed by atoms with van der Waals surface area (Å²) in [6, 6.07) is 3.69. The molecule has 2 heterocycles. The maximum Gasteiger partial charge on any atom is 0.392 e. The number of fused-ring (bicyclic) bond motifs is 1. The maximum atomic E-state index is 12.6. The molecule has 5 nitrogen and oxygen atoms in total. The molecular weight excluding hydrogens is 321 g/mol. The van der Waals surface area contributed by atoms with E-state index in [0.717, 1.165) is 26.2 Å². The molecule has 0 aromatic carbocycles. The van der Waals surface area contributed by atoms with Crippen LogP contribution in [0.3, 0.4) is 0 Å². The lowest BCUT2D eigenvalue weighted by Crippen LogP contribution is -2.27. The molecule has 1 amide bonds. The quantitative estimate of drug-likeness (QED) is 0.900. The number of nitrogens with zero attached hydrogens (tertiary/aromatic N) is 3. The fourth-order valence-electron chi connectivity index (χ4n) is 2.58. The highest BCUT2D eigenvalue weighted by atomic mass is 19.4. The summed E-state index contributed by atoms with van der Waals surface area (Å²) in [6.45, 7) is 0.996. The molecule has 8 heteroatoms. The molecule has 3 rings (SSSR count). The smallest absolute Gasteiger partial charge is 0.296 e. The second-order valence-electron chi connectivity index (χ2n) is 5.93. The number of alkyl halides is 3. The second kappa shape index (κ2) is 6.78. The number of amides is 1. The van der Waals surface area contributed by atoms with Gasteiger partial charge >= 0.3 is 6.18 Å². The van der Waals surface area contributed by atoms with Crippen molar-refractivity contribution in [2.75, 3.05) is 5.32 Å². The third-order valence-electron chi connectivity index (χ3n) is 4.19. The number of pyridine rings is 1. The molecule has 1 aliphatic carbocycles. The van der Waals surface area contributed by atoms with E-state index in [1.54, 1.807) is 18.3 Å². The van der Waals surface area contributed by atoms with Crippen LogP contribution in [-0.4, -0.2) is 26.6 Å². The lowest BCUT2D eigenvalue weighted by atomic mass is 9.93. The molecule has 0 aliphatic heterocycles. The molecule has 0 spiro atoms. The lowest BCUT2D eigenvalue weighted by molar-refractivity contribution is -0.173. The average Bonchev–Trinajstić information content (AvgIpc) is 2.74. The zero-order chi connectivity index (χ0) is 16.6. The molecule has 0 bridgehead atoms. The predicted octanol–water partition coefficient (Wildman–Crippen LogP) is 4.32. The van der Waals surface area contributed by atoms with Gasteiger partial charge in [0.15, 0.2) is 5.65 Å². The third kappa shape index (κ3) is 3.52. The van der Waals surface area contributed by atoms with Crippen molar-refractivity contribution >= 4 is 23.0 Å². The van der Waals surface area contributed by atoms with E-state index >= 15 is 0 Å². The summed E-state index contributed by atoms with van der Waals surface area (Å²) in [5.74, 6) is -2.10. The SMILES string of the molecule is C.CC(CC(=O)Nc1nc2cccnc2n1C1CCC1)C(F)(F)F. The molecule has 1 fully saturated rings. The average molecular weight is 342 g/mol. The molecule has 1 unspecified atom stereocenters. The van der Waals surface area contributed by atoms with E-state index in [1.165, 1.54) is 0 Å². The number of halogens is 3. The molecule has 1 atom stereocenters. The zero-order valence-electron chi connectivity index (χ0n) is 12.6. The Hall–Kier alpha value is -2.12. The fourth-order valence-corrected chi connectivity index (χ4v) is 2.58. The number of nitrogens with one attached hydrogen (secondary N) is 1. The number of hydrogen-bond acceptors (Lipinski definition) is 3. The summed E-state index contributed by atoms with van der Waals surface area (Å²) >= 11 is 0. The van der Waals surface area contributed by atoms with Crippen LogP contribution in [0.15, 0.2) is 18.3 Å². The molecule has 132 valence electrons. The Balaban J connectivity index is 0.00000208. The van der Waals surface area contributed by atoms with Gasteiger partial charge in [-0.25, -0.2) is 9.97 Å². The van der Waals surface area contributed by atoms with E-state index < -0.39 is 24.4 Å². The molecule has 0 radical (unpaired) electrons. The first-order chi connectivity index (χ1) is 10.9. The van der Waals surface area contributed by atoms with Crippen molar-refractivity contribution in [3.63, 3.8) is 0 Å². The monoisotopic (exact) mass is 342 g/mol. The van der Waals surface area contributed by atoms with E-state index in [9.17, 15) is 18.0 Å². The van der Waals surface area contributed by atoms with Crippen LogP contribution in [0, 0.1) is 5.92 Å². The highest BCUT2D eigenvalue weighted by Crippen LogP contribution is 2.36. The minimum atomic E-state index is -4.38. The topological polar surface area (TPSA) is 59.8 Å². The van der Waals surface area contributed by atoms with Crippen molar-refractivity contribution in [3.8, 4) is 0 Å². The van der Waals surface area contributed by atoms with Crippen LogP contribution in [0.2, 0.25) is 0 Å². The van der Waals surface area contributed by atoms with Gasteiger partial charge in [-0.05, 0) is 31.4 Å². The van der Waals surface area contributed by atoms with Crippen LogP contribution in [0.25, 0.3) is 11.2 Å². The van der Waals surface area contributed by atoms with Crippen LogP contribution in [-0.2, 0) is 4.79 Å². The van der Waals surface area contributed by atoms with Crippen molar-refractivity contribution in [1.29, 1.82) is 0 Å². The number of carbonyl (C=O) groups excluding carboxylic acids is 1. The van der Waals surface area contributed by atoms with Gasteiger partial charge in [0.05, 0.1) is 5.92 Å². The number of carbonyl (C=O) groups is 1. The van der Waals surface area contributed by atoms with Gasteiger partial charge in [-0.2, -0.15) is 13.2 Å². The summed E-state index contributed by atoms with van der Waals surface area (Å²) in [5, 5.41) is 2.52. The van der Waals surface area contributed by atoms with E-state index in [1.807, 2.05) is 4.57 Å². The minimum Gasteiger partial charge on any atom is -0.296 e. The standard InChI is InChI=1S/C15H17F3N4O.CH4/c1-9(15(16,17)18)8-12(23)21-14-20-11-6-3-7-19-13(11)22(14)10-4-2-5-10;/h3,6-7,9-10H,2,4-5,8H2,1H3,(H,20,21,23);1H4. The molecule has 2 aromatic heterocycles. The lowest BCUT2D eigenvalue weighted by Gasteiger charge is -2.28. The van der Waals surface area contributed by atoms with Crippen LogP contribution in [0.4, 0.5) is 19.1 Å². The molecule has 2 aromatic rings. The van der Waals surface area contributed by atoms with Crippen molar-refractivity contribution in [3.05, 3.63) is 18.3 Å². The Morgan fingerprint density at radius 3 is 2.75 bits per heavy atom. The van der Waals surface area contributed by atoms with Gasteiger partial charge in [0.25, 0.3) is 0 Å². The maximum absolute atomic E-state index is 12.6. The molecule has 1 saturated carbocycles. The number of hydrogen-bond donors (Lipinski definition) is 1. The van der Waals surface area contributed by atoms with Crippen molar-refractivity contribution < 1.29 is 18.0 Å². The Labute approximate surface area is 138 Å². The van der Waals surface area contributed by atoms with E-state index in [0.29, 0.717) is 11.2 Å².